The lowest BCUT2D eigenvalue weighted by molar-refractivity contribution is 0.0947. The molecule has 0 aliphatic carbocycles. The summed E-state index contributed by atoms with van der Waals surface area (Å²) in [4.78, 5) is 24.0. The Bertz CT molecular complexity index is 947. The van der Waals surface area contributed by atoms with Crippen LogP contribution in [0.25, 0.3) is 22.3 Å². The number of fused-ring (bicyclic) bond motifs is 1. The molecule has 1 fully saturated rings. The third-order valence-electron chi connectivity index (χ3n) is 4.79. The van der Waals surface area contributed by atoms with E-state index in [1.807, 2.05) is 48.5 Å². The highest BCUT2D eigenvalue weighted by Gasteiger charge is 2.11. The van der Waals surface area contributed by atoms with Crippen molar-refractivity contribution >= 4 is 41.8 Å². The molecule has 0 radical (unpaired) electrons. The summed E-state index contributed by atoms with van der Waals surface area (Å²) in [5.74, 6) is -0.0549. The molecule has 29 heavy (non-hydrogen) atoms. The average Bonchev–Trinajstić information content (AvgIpc) is 2.74. The van der Waals surface area contributed by atoms with Crippen LogP contribution in [0.4, 0.5) is 0 Å². The van der Waals surface area contributed by atoms with E-state index in [4.69, 9.17) is 0 Å². The van der Waals surface area contributed by atoms with Crippen LogP contribution >= 0.6 is 24.8 Å². The van der Waals surface area contributed by atoms with Gasteiger partial charge in [0, 0.05) is 50.4 Å². The molecular weight excluding hydrogens is 409 g/mol. The van der Waals surface area contributed by atoms with Gasteiger partial charge in [0.25, 0.3) is 5.91 Å². The van der Waals surface area contributed by atoms with Gasteiger partial charge in [-0.15, -0.1) is 24.8 Å². The van der Waals surface area contributed by atoms with Crippen LogP contribution in [-0.4, -0.2) is 60.0 Å². The molecule has 6 nitrogen and oxygen atoms in total. The van der Waals surface area contributed by atoms with Crippen LogP contribution in [0.1, 0.15) is 10.4 Å². The van der Waals surface area contributed by atoms with Crippen LogP contribution in [0, 0.1) is 0 Å². The first-order valence-corrected chi connectivity index (χ1v) is 9.33. The molecule has 2 N–H and O–H groups in total. The number of halogens is 2. The van der Waals surface area contributed by atoms with E-state index in [1.165, 1.54) is 0 Å². The Morgan fingerprint density at radius 1 is 1.03 bits per heavy atom. The third-order valence-corrected chi connectivity index (χ3v) is 4.79. The Morgan fingerprint density at radius 2 is 1.79 bits per heavy atom. The second kappa shape index (κ2) is 11.1. The van der Waals surface area contributed by atoms with Crippen LogP contribution in [-0.2, 0) is 0 Å². The number of hydrogen-bond acceptors (Lipinski definition) is 5. The second-order valence-electron chi connectivity index (χ2n) is 6.67. The lowest BCUT2D eigenvalue weighted by Crippen LogP contribution is -2.46. The van der Waals surface area contributed by atoms with Crippen molar-refractivity contribution in [3.8, 4) is 11.3 Å². The fourth-order valence-electron chi connectivity index (χ4n) is 3.28. The highest BCUT2D eigenvalue weighted by atomic mass is 35.5. The molecule has 1 aliphatic heterocycles. The van der Waals surface area contributed by atoms with Gasteiger partial charge in [-0.3, -0.25) is 14.7 Å². The fourth-order valence-corrected chi connectivity index (χ4v) is 3.28. The molecule has 1 saturated heterocycles. The van der Waals surface area contributed by atoms with Crippen LogP contribution in [0.3, 0.4) is 0 Å². The van der Waals surface area contributed by atoms with Gasteiger partial charge in [-0.25, -0.2) is 4.98 Å². The number of piperazine rings is 1. The SMILES string of the molecule is Cl.Cl.O=C(NCCN1CCNCC1)c1cccc(-c2cnc3ccccc3n2)c1. The minimum Gasteiger partial charge on any atom is -0.351 e. The van der Waals surface area contributed by atoms with Gasteiger partial charge in [-0.1, -0.05) is 24.3 Å². The van der Waals surface area contributed by atoms with Gasteiger partial charge >= 0.3 is 0 Å². The van der Waals surface area contributed by atoms with Crippen LogP contribution < -0.4 is 10.6 Å². The summed E-state index contributed by atoms with van der Waals surface area (Å²) in [6.07, 6.45) is 1.75. The quantitative estimate of drug-likeness (QED) is 0.647. The van der Waals surface area contributed by atoms with Crippen molar-refractivity contribution in [1.82, 2.24) is 25.5 Å². The van der Waals surface area contributed by atoms with Gasteiger partial charge in [-0.2, -0.15) is 0 Å². The standard InChI is InChI=1S/C21H23N5O.2ClH/c27-21(23-10-13-26-11-8-22-9-12-26)17-5-3-4-16(14-17)20-15-24-18-6-1-2-7-19(18)25-20;;/h1-7,14-15,22H,8-13H2,(H,23,27);2*1H. The number of hydrogen-bond donors (Lipinski definition) is 2. The van der Waals surface area contributed by atoms with E-state index in [9.17, 15) is 4.79 Å². The minimum absolute atomic E-state index is 0. The molecule has 3 aromatic rings. The van der Waals surface area contributed by atoms with Crippen molar-refractivity contribution in [2.24, 2.45) is 0 Å². The van der Waals surface area contributed by atoms with Gasteiger partial charge in [-0.05, 0) is 24.3 Å². The Hall–Kier alpha value is -2.25. The Morgan fingerprint density at radius 3 is 2.59 bits per heavy atom. The van der Waals surface area contributed by atoms with Crippen LogP contribution in [0.2, 0.25) is 0 Å². The highest BCUT2D eigenvalue weighted by molar-refractivity contribution is 5.95. The van der Waals surface area contributed by atoms with Crippen molar-refractivity contribution in [2.75, 3.05) is 39.3 Å². The molecule has 1 aromatic heterocycles. The molecule has 0 unspecified atom stereocenters. The first kappa shape index (κ1) is 23.0. The van der Waals surface area contributed by atoms with Gasteiger partial charge in [0.15, 0.2) is 0 Å². The Labute approximate surface area is 182 Å². The van der Waals surface area contributed by atoms with Crippen LogP contribution in [0.15, 0.2) is 54.7 Å². The van der Waals surface area contributed by atoms with Crippen molar-refractivity contribution in [1.29, 1.82) is 0 Å². The lowest BCUT2D eigenvalue weighted by Gasteiger charge is -2.27. The van der Waals surface area contributed by atoms with Crippen molar-refractivity contribution in [3.63, 3.8) is 0 Å². The molecule has 1 amide bonds. The molecular formula is C21H25Cl2N5O. The number of amides is 1. The number of para-hydroxylation sites is 2. The predicted molar refractivity (Wildman–Crippen MR) is 121 cm³/mol. The number of carbonyl (C=O) groups excluding carboxylic acids is 1. The van der Waals surface area contributed by atoms with Gasteiger partial charge in [0.1, 0.15) is 0 Å². The van der Waals surface area contributed by atoms with Gasteiger partial charge < -0.3 is 10.6 Å². The number of rotatable bonds is 5. The number of benzene rings is 2. The highest BCUT2D eigenvalue weighted by Crippen LogP contribution is 2.20. The zero-order valence-electron chi connectivity index (χ0n) is 16.0. The third kappa shape index (κ3) is 5.87. The first-order valence-electron chi connectivity index (χ1n) is 9.33. The van der Waals surface area contributed by atoms with E-state index in [0.717, 1.165) is 55.0 Å². The van der Waals surface area contributed by atoms with Gasteiger partial charge in [0.05, 0.1) is 22.9 Å². The summed E-state index contributed by atoms with van der Waals surface area (Å²) in [5.41, 5.74) is 4.01. The number of nitrogens with zero attached hydrogens (tertiary/aromatic N) is 3. The first-order chi connectivity index (χ1) is 13.3. The summed E-state index contributed by atoms with van der Waals surface area (Å²) in [5, 5.41) is 6.35. The second-order valence-corrected chi connectivity index (χ2v) is 6.67. The van der Waals surface area contributed by atoms with E-state index in [1.54, 1.807) is 6.20 Å². The van der Waals surface area contributed by atoms with E-state index in [2.05, 4.69) is 25.5 Å². The predicted octanol–water partition coefficient (Wildman–Crippen LogP) is 2.78. The van der Waals surface area contributed by atoms with Gasteiger partial charge in [0.2, 0.25) is 0 Å². The zero-order chi connectivity index (χ0) is 18.5. The Kier molecular flexibility index (Phi) is 8.79. The maximum Gasteiger partial charge on any atom is 0.251 e. The largest absolute Gasteiger partial charge is 0.351 e. The molecule has 0 atom stereocenters. The topological polar surface area (TPSA) is 70.2 Å². The summed E-state index contributed by atoms with van der Waals surface area (Å²) in [6, 6.07) is 15.3. The van der Waals surface area contributed by atoms with E-state index < -0.39 is 0 Å². The summed E-state index contributed by atoms with van der Waals surface area (Å²) in [6.45, 7) is 5.63. The van der Waals surface area contributed by atoms with Crippen molar-refractivity contribution < 1.29 is 4.79 Å². The molecule has 2 aromatic carbocycles. The minimum atomic E-state index is -0.0549. The normalized spacial score (nSPS) is 13.9. The molecule has 2 heterocycles. The van der Waals surface area contributed by atoms with Crippen LogP contribution in [0.5, 0.6) is 0 Å². The van der Waals surface area contributed by atoms with Crippen molar-refractivity contribution in [2.45, 2.75) is 0 Å². The van der Waals surface area contributed by atoms with E-state index in [0.29, 0.717) is 12.1 Å². The maximum absolute atomic E-state index is 12.5. The lowest BCUT2D eigenvalue weighted by atomic mass is 10.1. The molecule has 0 bridgehead atoms. The smallest absolute Gasteiger partial charge is 0.251 e. The summed E-state index contributed by atoms with van der Waals surface area (Å²) >= 11 is 0. The number of carbonyl (C=O) groups is 1. The molecule has 0 saturated carbocycles. The molecule has 154 valence electrons. The number of nitrogens with one attached hydrogen (secondary N) is 2. The molecule has 1 aliphatic rings. The molecule has 4 rings (SSSR count). The van der Waals surface area contributed by atoms with E-state index >= 15 is 0 Å². The molecule has 8 heteroatoms. The average molecular weight is 434 g/mol. The van der Waals surface area contributed by atoms with E-state index in [-0.39, 0.29) is 30.7 Å². The monoisotopic (exact) mass is 433 g/mol. The zero-order valence-corrected chi connectivity index (χ0v) is 17.6. The Balaban J connectivity index is 0.00000150. The summed E-state index contributed by atoms with van der Waals surface area (Å²) in [7, 11) is 0. The van der Waals surface area contributed by atoms with Crippen molar-refractivity contribution in [3.05, 3.63) is 60.3 Å². The number of aromatic nitrogens is 2. The summed E-state index contributed by atoms with van der Waals surface area (Å²) < 4.78 is 0. The molecule has 0 spiro atoms. The fraction of sp³-hybridized carbons (Fsp3) is 0.286. The maximum atomic E-state index is 12.5.